The first-order chi connectivity index (χ1) is 8.58. The van der Waals surface area contributed by atoms with Crippen LogP contribution in [0.5, 0.6) is 0 Å². The molecule has 0 N–H and O–H groups in total. The molecule has 0 spiro atoms. The normalized spacial score (nSPS) is 14.4. The Morgan fingerprint density at radius 3 is 2.32 bits per heavy atom. The van der Waals surface area contributed by atoms with E-state index < -0.39 is 40.8 Å². The lowest BCUT2D eigenvalue weighted by atomic mass is 10.2. The van der Waals surface area contributed by atoms with E-state index in [4.69, 9.17) is 0 Å². The van der Waals surface area contributed by atoms with Gasteiger partial charge in [-0.1, -0.05) is 0 Å². The molecule has 0 aliphatic heterocycles. The predicted molar refractivity (Wildman–Crippen MR) is 55.7 cm³/mol. The first-order valence-electron chi connectivity index (χ1n) is 4.47. The molecule has 0 aliphatic rings. The fraction of sp³-hybridized carbons (Fsp3) is 0.250. The molecule has 0 saturated heterocycles. The van der Waals surface area contributed by atoms with Crippen LogP contribution in [0.25, 0.3) is 0 Å². The lowest BCUT2D eigenvalue weighted by Crippen LogP contribution is -2.14. The van der Waals surface area contributed by atoms with E-state index in [2.05, 4.69) is 8.49 Å². The molecule has 11 heteroatoms. The van der Waals surface area contributed by atoms with Crippen LogP contribution in [0.1, 0.15) is 5.56 Å². The molecule has 0 fully saturated rings. The summed E-state index contributed by atoms with van der Waals surface area (Å²) in [6.45, 7) is 0. The van der Waals surface area contributed by atoms with E-state index in [9.17, 15) is 30.5 Å². The maximum atomic E-state index is 12.8. The molecule has 108 valence electrons. The van der Waals surface area contributed by atoms with E-state index in [-0.39, 0.29) is 6.07 Å². The van der Waals surface area contributed by atoms with Crippen LogP contribution < -0.4 is 0 Å². The molecule has 0 amide bonds. The number of halogens is 4. The summed E-state index contributed by atoms with van der Waals surface area (Å²) < 4.78 is 92.3. The number of benzene rings is 1. The number of alkyl halides is 3. The Labute approximate surface area is 106 Å². The average molecular weight is 322 g/mol. The third-order valence-corrected chi connectivity index (χ3v) is 4.51. The Hall–Kier alpha value is -0.960. The van der Waals surface area contributed by atoms with Gasteiger partial charge in [-0.3, -0.25) is 4.57 Å². The van der Waals surface area contributed by atoms with Gasteiger partial charge < -0.3 is 4.52 Å². The maximum Gasteiger partial charge on any atom is 0.417 e. The van der Waals surface area contributed by atoms with Crippen LogP contribution in [-0.4, -0.2) is 15.5 Å². The molecular weight excluding hydrogens is 315 g/mol. The molecule has 1 aromatic rings. The third-order valence-electron chi connectivity index (χ3n) is 1.86. The summed E-state index contributed by atoms with van der Waals surface area (Å²) in [5, 5.41) is 0. The van der Waals surface area contributed by atoms with Crippen molar-refractivity contribution in [2.24, 2.45) is 0 Å². The maximum absolute atomic E-state index is 12.8. The summed E-state index contributed by atoms with van der Waals surface area (Å²) >= 11 is 0. The molecule has 1 rings (SSSR count). The SMILES string of the molecule is CO[PH](=O)OS(=O)(=O)c1ccc(F)cc1C(F)(F)F. The Balaban J connectivity index is 3.39. The zero-order valence-electron chi connectivity index (χ0n) is 9.19. The van der Waals surface area contributed by atoms with Gasteiger partial charge in [-0.25, -0.2) is 4.39 Å². The average Bonchev–Trinajstić information content (AvgIpc) is 2.26. The summed E-state index contributed by atoms with van der Waals surface area (Å²) in [7, 11) is -7.63. The minimum absolute atomic E-state index is 0.000261. The van der Waals surface area contributed by atoms with Gasteiger partial charge in [0.05, 0.1) is 5.56 Å². The number of hydrogen-bond donors (Lipinski definition) is 0. The first kappa shape index (κ1) is 16.1. The molecule has 0 heterocycles. The van der Waals surface area contributed by atoms with Crippen LogP contribution in [0, 0.1) is 5.82 Å². The number of hydrogen-bond acceptors (Lipinski definition) is 5. The van der Waals surface area contributed by atoms with Gasteiger partial charge in [0.2, 0.25) is 0 Å². The van der Waals surface area contributed by atoms with Gasteiger partial charge in [0.15, 0.2) is 0 Å². The predicted octanol–water partition coefficient (Wildman–Crippen LogP) is 2.59. The molecular formula is C8H7F4O5PS. The molecule has 1 aromatic carbocycles. The zero-order valence-corrected chi connectivity index (χ0v) is 11.0. The lowest BCUT2D eigenvalue weighted by molar-refractivity contribution is -0.140. The second-order valence-corrected chi connectivity index (χ2v) is 6.05. The van der Waals surface area contributed by atoms with Crippen molar-refractivity contribution in [3.05, 3.63) is 29.6 Å². The molecule has 0 radical (unpaired) electrons. The molecule has 5 nitrogen and oxygen atoms in total. The largest absolute Gasteiger partial charge is 0.417 e. The van der Waals surface area contributed by atoms with Crippen molar-refractivity contribution in [3.63, 3.8) is 0 Å². The molecule has 1 atom stereocenters. The quantitative estimate of drug-likeness (QED) is 0.629. The Bertz CT molecular complexity index is 598. The highest BCUT2D eigenvalue weighted by atomic mass is 32.2. The van der Waals surface area contributed by atoms with Crippen LogP contribution in [0.2, 0.25) is 0 Å². The van der Waals surface area contributed by atoms with Gasteiger partial charge in [-0.15, -0.1) is 0 Å². The summed E-state index contributed by atoms with van der Waals surface area (Å²) in [6.07, 6.45) is -5.11. The van der Waals surface area contributed by atoms with Crippen LogP contribution in [0.15, 0.2) is 23.1 Å². The van der Waals surface area contributed by atoms with E-state index in [0.29, 0.717) is 12.1 Å². The first-order valence-corrected chi connectivity index (χ1v) is 7.10. The monoisotopic (exact) mass is 322 g/mol. The van der Waals surface area contributed by atoms with Crippen LogP contribution in [0.4, 0.5) is 17.6 Å². The molecule has 0 saturated carbocycles. The number of rotatable bonds is 4. The fourth-order valence-electron chi connectivity index (χ4n) is 1.11. The van der Waals surface area contributed by atoms with Crippen LogP contribution >= 0.6 is 8.25 Å². The van der Waals surface area contributed by atoms with Crippen molar-refractivity contribution in [1.82, 2.24) is 0 Å². The highest BCUT2D eigenvalue weighted by molar-refractivity contribution is 7.89. The second kappa shape index (κ2) is 5.58. The molecule has 0 bridgehead atoms. The van der Waals surface area contributed by atoms with Gasteiger partial charge in [-0.05, 0) is 18.2 Å². The standard InChI is InChI=1S/C8H7F4O5PS/c1-16-18(13)17-19(14,15)7-3-2-5(9)4-6(7)8(10,11)12/h2-4,18H,1H3. The van der Waals surface area contributed by atoms with E-state index in [0.717, 1.165) is 7.11 Å². The smallest absolute Gasteiger partial charge is 0.313 e. The fourth-order valence-corrected chi connectivity index (χ4v) is 3.14. The van der Waals surface area contributed by atoms with Gasteiger partial charge in [0.1, 0.15) is 10.7 Å². The van der Waals surface area contributed by atoms with Gasteiger partial charge >= 0.3 is 24.5 Å². The summed E-state index contributed by atoms with van der Waals surface area (Å²) in [5.41, 5.74) is -1.75. The van der Waals surface area contributed by atoms with Crippen molar-refractivity contribution in [2.45, 2.75) is 11.1 Å². The van der Waals surface area contributed by atoms with E-state index >= 15 is 0 Å². The van der Waals surface area contributed by atoms with Crippen LogP contribution in [0.3, 0.4) is 0 Å². The third kappa shape index (κ3) is 4.00. The Morgan fingerprint density at radius 1 is 1.26 bits per heavy atom. The van der Waals surface area contributed by atoms with Crippen molar-refractivity contribution in [2.75, 3.05) is 7.11 Å². The minimum atomic E-state index is -5.11. The van der Waals surface area contributed by atoms with E-state index in [1.165, 1.54) is 0 Å². The lowest BCUT2D eigenvalue weighted by Gasteiger charge is -2.12. The molecule has 19 heavy (non-hydrogen) atoms. The van der Waals surface area contributed by atoms with Gasteiger partial charge in [0, 0.05) is 7.11 Å². The van der Waals surface area contributed by atoms with Gasteiger partial charge in [0.25, 0.3) is 0 Å². The summed E-state index contributed by atoms with van der Waals surface area (Å²) in [6, 6.07) is 0.883. The molecule has 0 aromatic heterocycles. The summed E-state index contributed by atoms with van der Waals surface area (Å²) in [5.74, 6) is -1.27. The van der Waals surface area contributed by atoms with Crippen molar-refractivity contribution < 1.29 is 39.0 Å². The van der Waals surface area contributed by atoms with E-state index in [1.54, 1.807) is 0 Å². The van der Waals surface area contributed by atoms with Crippen LogP contribution in [-0.2, 0) is 29.4 Å². The van der Waals surface area contributed by atoms with Crippen molar-refractivity contribution >= 4 is 18.4 Å². The molecule has 0 aliphatic carbocycles. The second-order valence-electron chi connectivity index (χ2n) is 3.13. The Kier molecular flexibility index (Phi) is 4.72. The van der Waals surface area contributed by atoms with E-state index in [1.807, 2.05) is 0 Å². The highest BCUT2D eigenvalue weighted by Crippen LogP contribution is 2.38. The molecule has 1 unspecified atom stereocenters. The van der Waals surface area contributed by atoms with Gasteiger partial charge in [-0.2, -0.15) is 25.6 Å². The highest BCUT2D eigenvalue weighted by Gasteiger charge is 2.38. The zero-order chi connectivity index (χ0) is 14.8. The van der Waals surface area contributed by atoms with Crippen molar-refractivity contribution in [1.29, 1.82) is 0 Å². The topological polar surface area (TPSA) is 69.7 Å². The minimum Gasteiger partial charge on any atom is -0.313 e. The van der Waals surface area contributed by atoms with Crippen molar-refractivity contribution in [3.8, 4) is 0 Å². The summed E-state index contributed by atoms with van der Waals surface area (Å²) in [4.78, 5) is -1.34. The Morgan fingerprint density at radius 2 is 1.84 bits per heavy atom.